The minimum atomic E-state index is 0.497. The van der Waals surface area contributed by atoms with Crippen molar-refractivity contribution in [2.75, 3.05) is 17.6 Å². The summed E-state index contributed by atoms with van der Waals surface area (Å²) in [5, 5.41) is 12.1. The first-order chi connectivity index (χ1) is 8.72. The van der Waals surface area contributed by atoms with E-state index in [0.29, 0.717) is 11.3 Å². The van der Waals surface area contributed by atoms with Gasteiger partial charge in [0, 0.05) is 32.4 Å². The van der Waals surface area contributed by atoms with Crippen LogP contribution in [0, 0.1) is 11.3 Å². The van der Waals surface area contributed by atoms with E-state index < -0.39 is 0 Å². The van der Waals surface area contributed by atoms with Crippen LogP contribution in [-0.4, -0.2) is 16.1 Å². The second kappa shape index (κ2) is 5.23. The van der Waals surface area contributed by atoms with E-state index in [1.54, 1.807) is 12.3 Å². The van der Waals surface area contributed by atoms with Crippen LogP contribution in [0.3, 0.4) is 0 Å². The van der Waals surface area contributed by atoms with Crippen molar-refractivity contribution in [3.05, 3.63) is 42.0 Å². The monoisotopic (exact) mass is 241 g/mol. The lowest BCUT2D eigenvalue weighted by molar-refractivity contribution is 0.790. The summed E-state index contributed by atoms with van der Waals surface area (Å²) in [7, 11) is 1.97. The second-order valence-corrected chi connectivity index (χ2v) is 4.01. The van der Waals surface area contributed by atoms with Crippen LogP contribution in [0.1, 0.15) is 11.4 Å². The molecule has 0 bridgehead atoms. The van der Waals surface area contributed by atoms with E-state index in [9.17, 15) is 0 Å². The SMILES string of the molecule is Cn1ccnc1CCNc1cccc(C#N)c1N. The summed E-state index contributed by atoms with van der Waals surface area (Å²) in [4.78, 5) is 4.24. The van der Waals surface area contributed by atoms with Gasteiger partial charge in [0.25, 0.3) is 0 Å². The lowest BCUT2D eigenvalue weighted by atomic mass is 10.1. The number of benzene rings is 1. The first kappa shape index (κ1) is 12.0. The zero-order valence-electron chi connectivity index (χ0n) is 10.2. The standard InChI is InChI=1S/C13H15N5/c1-18-8-7-17-12(18)5-6-16-11-4-2-3-10(9-14)13(11)15/h2-4,7-8,16H,5-6,15H2,1H3. The molecule has 3 N–H and O–H groups in total. The molecule has 0 fully saturated rings. The summed E-state index contributed by atoms with van der Waals surface area (Å²) >= 11 is 0. The number of rotatable bonds is 4. The summed E-state index contributed by atoms with van der Waals surface area (Å²) in [5.41, 5.74) is 7.67. The molecule has 2 rings (SSSR count). The molecular formula is C13H15N5. The van der Waals surface area contributed by atoms with Crippen LogP contribution < -0.4 is 11.1 Å². The molecule has 0 aliphatic rings. The number of nitriles is 1. The molecule has 18 heavy (non-hydrogen) atoms. The average Bonchev–Trinajstić information content (AvgIpc) is 2.77. The average molecular weight is 241 g/mol. The van der Waals surface area contributed by atoms with Gasteiger partial charge in [-0.15, -0.1) is 0 Å². The van der Waals surface area contributed by atoms with E-state index in [0.717, 1.165) is 24.5 Å². The molecule has 0 saturated heterocycles. The fraction of sp³-hybridized carbons (Fsp3) is 0.231. The summed E-state index contributed by atoms with van der Waals surface area (Å²) in [6, 6.07) is 7.46. The van der Waals surface area contributed by atoms with E-state index in [2.05, 4.69) is 16.4 Å². The Morgan fingerprint density at radius 2 is 2.33 bits per heavy atom. The first-order valence-electron chi connectivity index (χ1n) is 5.71. The van der Waals surface area contributed by atoms with Crippen LogP contribution >= 0.6 is 0 Å². The van der Waals surface area contributed by atoms with Crippen molar-refractivity contribution in [2.45, 2.75) is 6.42 Å². The molecule has 0 saturated carbocycles. The van der Waals surface area contributed by atoms with Crippen LogP contribution in [0.5, 0.6) is 0 Å². The maximum Gasteiger partial charge on any atom is 0.110 e. The topological polar surface area (TPSA) is 79.7 Å². The smallest absolute Gasteiger partial charge is 0.110 e. The minimum absolute atomic E-state index is 0.497. The van der Waals surface area contributed by atoms with E-state index in [1.807, 2.05) is 29.9 Å². The fourth-order valence-electron chi connectivity index (χ4n) is 1.76. The van der Waals surface area contributed by atoms with Gasteiger partial charge in [-0.1, -0.05) is 6.07 Å². The summed E-state index contributed by atoms with van der Waals surface area (Å²) in [6.07, 6.45) is 4.50. The Morgan fingerprint density at radius 1 is 1.50 bits per heavy atom. The molecule has 1 aromatic carbocycles. The Kier molecular flexibility index (Phi) is 3.49. The van der Waals surface area contributed by atoms with Crippen molar-refractivity contribution in [1.29, 1.82) is 5.26 Å². The third-order valence-electron chi connectivity index (χ3n) is 2.81. The minimum Gasteiger partial charge on any atom is -0.396 e. The molecule has 1 heterocycles. The lowest BCUT2D eigenvalue weighted by Gasteiger charge is -2.10. The van der Waals surface area contributed by atoms with Crippen LogP contribution in [-0.2, 0) is 13.5 Å². The molecule has 0 unspecified atom stereocenters. The van der Waals surface area contributed by atoms with Gasteiger partial charge in [-0.25, -0.2) is 4.98 Å². The number of hydrogen-bond acceptors (Lipinski definition) is 4. The number of aromatic nitrogens is 2. The van der Waals surface area contributed by atoms with Crippen molar-refractivity contribution < 1.29 is 0 Å². The van der Waals surface area contributed by atoms with Gasteiger partial charge in [0.2, 0.25) is 0 Å². The molecule has 92 valence electrons. The molecule has 0 spiro atoms. The maximum absolute atomic E-state index is 8.88. The molecule has 5 heteroatoms. The quantitative estimate of drug-likeness (QED) is 0.795. The highest BCUT2D eigenvalue weighted by molar-refractivity contribution is 5.72. The third-order valence-corrected chi connectivity index (χ3v) is 2.81. The molecule has 0 amide bonds. The van der Waals surface area contributed by atoms with Gasteiger partial charge in [0.15, 0.2) is 0 Å². The molecule has 0 atom stereocenters. The van der Waals surface area contributed by atoms with Gasteiger partial charge in [-0.05, 0) is 12.1 Å². The summed E-state index contributed by atoms with van der Waals surface area (Å²) in [5.74, 6) is 1.01. The predicted molar refractivity (Wildman–Crippen MR) is 71.0 cm³/mol. The normalized spacial score (nSPS) is 10.0. The summed E-state index contributed by atoms with van der Waals surface area (Å²) in [6.45, 7) is 0.726. The van der Waals surface area contributed by atoms with Crippen molar-refractivity contribution >= 4 is 11.4 Å². The van der Waals surface area contributed by atoms with Gasteiger partial charge in [-0.2, -0.15) is 5.26 Å². The van der Waals surface area contributed by atoms with Gasteiger partial charge in [0.05, 0.1) is 16.9 Å². The Bertz CT molecular complexity index is 579. The number of nitrogens with zero attached hydrogens (tertiary/aromatic N) is 3. The van der Waals surface area contributed by atoms with Crippen LogP contribution in [0.15, 0.2) is 30.6 Å². The number of nitrogens with two attached hydrogens (primary N) is 1. The Balaban J connectivity index is 1.99. The summed E-state index contributed by atoms with van der Waals surface area (Å²) < 4.78 is 1.98. The molecule has 0 radical (unpaired) electrons. The highest BCUT2D eigenvalue weighted by Gasteiger charge is 2.04. The van der Waals surface area contributed by atoms with Gasteiger partial charge in [-0.3, -0.25) is 0 Å². The number of nitrogen functional groups attached to an aromatic ring is 1. The van der Waals surface area contributed by atoms with E-state index in [4.69, 9.17) is 11.0 Å². The molecule has 1 aromatic heterocycles. The third kappa shape index (κ3) is 2.43. The zero-order chi connectivity index (χ0) is 13.0. The molecule has 5 nitrogen and oxygen atoms in total. The number of aryl methyl sites for hydroxylation is 1. The molecular weight excluding hydrogens is 226 g/mol. The fourth-order valence-corrected chi connectivity index (χ4v) is 1.76. The molecule has 0 aliphatic carbocycles. The van der Waals surface area contributed by atoms with Crippen molar-refractivity contribution in [3.63, 3.8) is 0 Å². The van der Waals surface area contributed by atoms with E-state index in [-0.39, 0.29) is 0 Å². The Labute approximate surface area is 106 Å². The Hall–Kier alpha value is -2.48. The highest BCUT2D eigenvalue weighted by Crippen LogP contribution is 2.21. The van der Waals surface area contributed by atoms with E-state index in [1.165, 1.54) is 0 Å². The largest absolute Gasteiger partial charge is 0.396 e. The first-order valence-corrected chi connectivity index (χ1v) is 5.71. The van der Waals surface area contributed by atoms with Gasteiger partial charge < -0.3 is 15.6 Å². The number of imidazole rings is 1. The van der Waals surface area contributed by atoms with Crippen LogP contribution in [0.4, 0.5) is 11.4 Å². The number of hydrogen-bond donors (Lipinski definition) is 2. The van der Waals surface area contributed by atoms with Crippen LogP contribution in [0.2, 0.25) is 0 Å². The highest BCUT2D eigenvalue weighted by atomic mass is 15.0. The van der Waals surface area contributed by atoms with E-state index >= 15 is 0 Å². The predicted octanol–water partition coefficient (Wildman–Crippen LogP) is 1.53. The maximum atomic E-state index is 8.88. The number of anilines is 2. The lowest BCUT2D eigenvalue weighted by Crippen LogP contribution is -2.10. The van der Waals surface area contributed by atoms with Crippen molar-refractivity contribution in [1.82, 2.24) is 9.55 Å². The van der Waals surface area contributed by atoms with Crippen LogP contribution in [0.25, 0.3) is 0 Å². The Morgan fingerprint density at radius 3 is 3.00 bits per heavy atom. The molecule has 0 aliphatic heterocycles. The van der Waals surface area contributed by atoms with Gasteiger partial charge in [0.1, 0.15) is 11.9 Å². The number of nitrogens with one attached hydrogen (secondary N) is 1. The second-order valence-electron chi connectivity index (χ2n) is 4.01. The van der Waals surface area contributed by atoms with Crippen molar-refractivity contribution in [2.24, 2.45) is 7.05 Å². The van der Waals surface area contributed by atoms with Crippen molar-refractivity contribution in [3.8, 4) is 6.07 Å². The number of para-hydroxylation sites is 1. The van der Waals surface area contributed by atoms with Gasteiger partial charge >= 0.3 is 0 Å². The zero-order valence-corrected chi connectivity index (χ0v) is 10.2. The molecule has 2 aromatic rings.